The maximum atomic E-state index is 12.5. The van der Waals surface area contributed by atoms with Gasteiger partial charge in [0.2, 0.25) is 5.28 Å². The Labute approximate surface area is 250 Å². The average molecular weight is 600 g/mol. The molecular weight excluding hydrogens is 562 g/mol. The number of nitro benzene ring substituents is 1. The molecule has 1 amide bonds. The van der Waals surface area contributed by atoms with Gasteiger partial charge in [-0.3, -0.25) is 14.8 Å². The molecule has 0 N–H and O–H groups in total. The number of nitro groups is 1. The second-order valence-electron chi connectivity index (χ2n) is 11.4. The van der Waals surface area contributed by atoms with Crippen molar-refractivity contribution in [2.75, 3.05) is 31.6 Å². The number of non-ortho nitro benzene ring substituents is 1. The van der Waals surface area contributed by atoms with Crippen LogP contribution in [0.3, 0.4) is 0 Å². The quantitative estimate of drug-likeness (QED) is 0.125. The summed E-state index contributed by atoms with van der Waals surface area (Å²) in [5, 5.41) is 16.1. The second kappa shape index (κ2) is 13.5. The number of benzene rings is 1. The van der Waals surface area contributed by atoms with Gasteiger partial charge in [0, 0.05) is 80.7 Å². The smallest absolute Gasteiger partial charge is 0.410 e. The summed E-state index contributed by atoms with van der Waals surface area (Å²) in [4.78, 5) is 35.8. The molecule has 13 heteroatoms. The van der Waals surface area contributed by atoms with E-state index in [9.17, 15) is 14.9 Å². The molecule has 0 unspecified atom stereocenters. The minimum absolute atomic E-state index is 0.0288. The van der Waals surface area contributed by atoms with Crippen molar-refractivity contribution >= 4 is 29.1 Å². The van der Waals surface area contributed by atoms with Crippen LogP contribution < -0.4 is 4.90 Å². The Hall–Kier alpha value is -3.77. The van der Waals surface area contributed by atoms with Crippen LogP contribution in [0, 0.1) is 17.0 Å². The van der Waals surface area contributed by atoms with Gasteiger partial charge in [-0.15, -0.1) is 0 Å². The first-order valence-corrected chi connectivity index (χ1v) is 14.4. The molecule has 1 aromatic carbocycles. The molecule has 12 nitrogen and oxygen atoms in total. The molecule has 0 radical (unpaired) electrons. The monoisotopic (exact) mass is 599 g/mol. The Balaban J connectivity index is 1.32. The molecule has 1 fully saturated rings. The van der Waals surface area contributed by atoms with E-state index in [-0.39, 0.29) is 29.7 Å². The van der Waals surface area contributed by atoms with Gasteiger partial charge in [0.05, 0.1) is 23.4 Å². The molecule has 0 bridgehead atoms. The zero-order chi connectivity index (χ0) is 30.4. The first kappa shape index (κ1) is 31.2. The summed E-state index contributed by atoms with van der Waals surface area (Å²) in [6.45, 7) is 10.2. The number of piperidine rings is 1. The first-order chi connectivity index (χ1) is 19.9. The Kier molecular flexibility index (Phi) is 10.00. The second-order valence-corrected chi connectivity index (χ2v) is 11.8. The Morgan fingerprint density at radius 3 is 2.67 bits per heavy atom. The fourth-order valence-corrected chi connectivity index (χ4v) is 5.05. The van der Waals surface area contributed by atoms with Crippen LogP contribution in [0.2, 0.25) is 5.28 Å². The summed E-state index contributed by atoms with van der Waals surface area (Å²) < 4.78 is 13.3. The average Bonchev–Trinajstić information content (AvgIpc) is 3.41. The van der Waals surface area contributed by atoms with Crippen LogP contribution in [-0.4, -0.2) is 74.1 Å². The maximum Gasteiger partial charge on any atom is 0.410 e. The van der Waals surface area contributed by atoms with Gasteiger partial charge < -0.3 is 19.3 Å². The molecule has 0 spiro atoms. The minimum atomic E-state index is -0.549. The van der Waals surface area contributed by atoms with Crippen molar-refractivity contribution in [3.8, 4) is 11.3 Å². The van der Waals surface area contributed by atoms with Gasteiger partial charge in [-0.25, -0.2) is 14.8 Å². The molecule has 42 heavy (non-hydrogen) atoms. The van der Waals surface area contributed by atoms with E-state index < -0.39 is 10.5 Å². The number of aromatic nitrogens is 4. The van der Waals surface area contributed by atoms with Crippen molar-refractivity contribution in [2.45, 2.75) is 71.8 Å². The molecule has 3 aromatic rings. The van der Waals surface area contributed by atoms with Crippen LogP contribution in [0.25, 0.3) is 11.3 Å². The summed E-state index contributed by atoms with van der Waals surface area (Å²) in [7, 11) is 1.77. The third kappa shape index (κ3) is 8.16. The number of hydrogen-bond acceptors (Lipinski definition) is 9. The fraction of sp³-hybridized carbons (Fsp3) is 0.517. The third-order valence-corrected chi connectivity index (χ3v) is 7.27. The highest BCUT2D eigenvalue weighted by Gasteiger charge is 2.29. The van der Waals surface area contributed by atoms with Crippen LogP contribution in [-0.2, 0) is 22.6 Å². The van der Waals surface area contributed by atoms with Gasteiger partial charge in [0.25, 0.3) is 5.69 Å². The molecule has 1 saturated heterocycles. The number of halogens is 1. The summed E-state index contributed by atoms with van der Waals surface area (Å²) in [5.74, 6) is 0. The molecule has 0 saturated carbocycles. The van der Waals surface area contributed by atoms with Crippen LogP contribution in [0.15, 0.2) is 36.8 Å². The maximum absolute atomic E-state index is 12.5. The zero-order valence-corrected chi connectivity index (χ0v) is 25.5. The molecule has 3 heterocycles. The van der Waals surface area contributed by atoms with E-state index >= 15 is 0 Å². The highest BCUT2D eigenvalue weighted by Crippen LogP contribution is 2.30. The molecule has 1 aliphatic heterocycles. The van der Waals surface area contributed by atoms with E-state index in [1.807, 2.05) is 38.6 Å². The number of carbonyl (C=O) groups is 1. The zero-order valence-electron chi connectivity index (χ0n) is 24.7. The van der Waals surface area contributed by atoms with Gasteiger partial charge in [0.15, 0.2) is 0 Å². The van der Waals surface area contributed by atoms with Gasteiger partial charge in [-0.05, 0) is 70.2 Å². The van der Waals surface area contributed by atoms with E-state index in [2.05, 4.69) is 20.0 Å². The topological polar surface area (TPSA) is 129 Å². The number of anilines is 1. The van der Waals surface area contributed by atoms with Crippen molar-refractivity contribution in [1.29, 1.82) is 0 Å². The fourth-order valence-electron chi connectivity index (χ4n) is 4.92. The van der Waals surface area contributed by atoms with Crippen molar-refractivity contribution in [3.63, 3.8) is 0 Å². The summed E-state index contributed by atoms with van der Waals surface area (Å²) in [6, 6.07) is 4.97. The van der Waals surface area contributed by atoms with Gasteiger partial charge in [0.1, 0.15) is 5.60 Å². The van der Waals surface area contributed by atoms with E-state index in [4.69, 9.17) is 21.1 Å². The molecule has 2 aromatic heterocycles. The van der Waals surface area contributed by atoms with Gasteiger partial charge in [-0.1, -0.05) is 0 Å². The molecule has 0 aliphatic carbocycles. The number of carbonyl (C=O) groups excluding carboxylic acids is 1. The Morgan fingerprint density at radius 2 is 1.98 bits per heavy atom. The molecule has 226 valence electrons. The number of nitrogens with zero attached hydrogens (tertiary/aromatic N) is 7. The predicted octanol–water partition coefficient (Wildman–Crippen LogP) is 5.65. The van der Waals surface area contributed by atoms with Crippen LogP contribution in [0.1, 0.15) is 51.2 Å². The van der Waals surface area contributed by atoms with E-state index in [0.29, 0.717) is 32.7 Å². The lowest BCUT2D eigenvalue weighted by Crippen LogP contribution is -2.47. The first-order valence-electron chi connectivity index (χ1n) is 14.0. The van der Waals surface area contributed by atoms with Crippen LogP contribution in [0.5, 0.6) is 0 Å². The Morgan fingerprint density at radius 1 is 1.24 bits per heavy atom. The normalized spacial score (nSPS) is 14.2. The lowest BCUT2D eigenvalue weighted by atomic mass is 10.0. The minimum Gasteiger partial charge on any atom is -0.444 e. The molecule has 1 aliphatic rings. The van der Waals surface area contributed by atoms with E-state index in [0.717, 1.165) is 40.9 Å². The Bertz CT molecular complexity index is 1400. The highest BCUT2D eigenvalue weighted by atomic mass is 35.5. The van der Waals surface area contributed by atoms with Crippen molar-refractivity contribution in [2.24, 2.45) is 0 Å². The van der Waals surface area contributed by atoms with Crippen molar-refractivity contribution in [3.05, 3.63) is 63.3 Å². The highest BCUT2D eigenvalue weighted by molar-refractivity contribution is 6.28. The third-order valence-electron chi connectivity index (χ3n) is 7.09. The number of amides is 1. The number of rotatable bonds is 10. The number of aryl methyl sites for hydroxylation is 2. The molecule has 4 rings (SSSR count). The van der Waals surface area contributed by atoms with Crippen molar-refractivity contribution in [1.82, 2.24) is 24.6 Å². The SMILES string of the molecule is Cc1cnc(Cl)nc1-c1cnn(CCCOCc2cc([N+](=O)[O-])ccc2N2CCC(N(C)C(=O)OC(C)(C)C)CC2)c1. The summed E-state index contributed by atoms with van der Waals surface area (Å²) in [6.07, 6.45) is 7.24. The summed E-state index contributed by atoms with van der Waals surface area (Å²) >= 11 is 5.95. The van der Waals surface area contributed by atoms with Crippen LogP contribution in [0.4, 0.5) is 16.2 Å². The van der Waals surface area contributed by atoms with Gasteiger partial charge >= 0.3 is 6.09 Å². The number of ether oxygens (including phenoxy) is 2. The largest absolute Gasteiger partial charge is 0.444 e. The van der Waals surface area contributed by atoms with Crippen molar-refractivity contribution < 1.29 is 19.2 Å². The van der Waals surface area contributed by atoms with E-state index in [1.165, 1.54) is 6.07 Å². The standard InChI is InChI=1S/C29H38ClN7O5/c1-20-16-31-27(30)33-26(20)22-17-32-36(18-22)11-6-14-41-19-21-15-24(37(39)40)7-8-25(21)35-12-9-23(10-13-35)34(5)28(38)42-29(2,3)4/h7-8,15-18,23H,6,9-14,19H2,1-5H3. The van der Waals surface area contributed by atoms with Crippen LogP contribution >= 0.6 is 11.6 Å². The molecule has 0 atom stereocenters. The van der Waals surface area contributed by atoms with Gasteiger partial charge in [-0.2, -0.15) is 5.10 Å². The lowest BCUT2D eigenvalue weighted by Gasteiger charge is -2.38. The molecular formula is C29H38ClN7O5. The number of hydrogen-bond donors (Lipinski definition) is 0. The summed E-state index contributed by atoms with van der Waals surface area (Å²) in [5.41, 5.74) is 3.67. The predicted molar refractivity (Wildman–Crippen MR) is 160 cm³/mol. The lowest BCUT2D eigenvalue weighted by molar-refractivity contribution is -0.384. The van der Waals surface area contributed by atoms with E-state index in [1.54, 1.807) is 36.5 Å².